The van der Waals surface area contributed by atoms with Crippen molar-refractivity contribution in [3.05, 3.63) is 70.8 Å². The normalized spacial score (nSPS) is 13.7. The fraction of sp³-hybridized carbons (Fsp3) is 0.381. The first kappa shape index (κ1) is 19.3. The van der Waals surface area contributed by atoms with Gasteiger partial charge in [-0.25, -0.2) is 0 Å². The number of nitrogens with zero attached hydrogens (tertiary/aromatic N) is 1. The Morgan fingerprint density at radius 3 is 2.20 bits per heavy atom. The van der Waals surface area contributed by atoms with Crippen molar-refractivity contribution >= 4 is 5.78 Å². The molecular weight excluding hydrogens is 314 g/mol. The molecule has 0 heterocycles. The summed E-state index contributed by atoms with van der Waals surface area (Å²) in [6, 6.07) is 15.2. The zero-order chi connectivity index (χ0) is 18.4. The first-order valence-corrected chi connectivity index (χ1v) is 8.58. The molecule has 0 spiro atoms. The SMILES string of the molecule is CCC(Cc1ccccc1)(C(=O)c1ccc(CO)c(CO)c1)N(C)C.[HH]. The van der Waals surface area contributed by atoms with Gasteiger partial charge in [0.25, 0.3) is 0 Å². The number of aliphatic hydroxyl groups is 2. The van der Waals surface area contributed by atoms with Gasteiger partial charge in [-0.05, 0) is 49.7 Å². The van der Waals surface area contributed by atoms with E-state index in [1.54, 1.807) is 18.2 Å². The highest BCUT2D eigenvalue weighted by molar-refractivity contribution is 6.03. The Bertz CT molecular complexity index is 718. The van der Waals surface area contributed by atoms with Crippen LogP contribution in [0, 0.1) is 0 Å². The average Bonchev–Trinajstić information content (AvgIpc) is 2.65. The highest BCUT2D eigenvalue weighted by atomic mass is 16.3. The number of aliphatic hydroxyl groups excluding tert-OH is 2. The van der Waals surface area contributed by atoms with Gasteiger partial charge in [0.15, 0.2) is 5.78 Å². The number of hydrogen-bond acceptors (Lipinski definition) is 4. The van der Waals surface area contributed by atoms with Crippen LogP contribution in [0.15, 0.2) is 48.5 Å². The van der Waals surface area contributed by atoms with Gasteiger partial charge in [0.1, 0.15) is 0 Å². The van der Waals surface area contributed by atoms with Crippen molar-refractivity contribution < 1.29 is 16.4 Å². The zero-order valence-electron chi connectivity index (χ0n) is 15.2. The Balaban J connectivity index is 0.00000338. The summed E-state index contributed by atoms with van der Waals surface area (Å²) in [5, 5.41) is 18.9. The van der Waals surface area contributed by atoms with E-state index in [2.05, 4.69) is 0 Å². The minimum atomic E-state index is -0.658. The van der Waals surface area contributed by atoms with Crippen molar-refractivity contribution in [2.24, 2.45) is 0 Å². The monoisotopic (exact) mass is 343 g/mol. The van der Waals surface area contributed by atoms with Gasteiger partial charge in [0, 0.05) is 6.99 Å². The number of ketones is 1. The molecule has 0 aromatic heterocycles. The molecule has 0 aliphatic rings. The minimum absolute atomic E-state index is 0. The molecule has 0 saturated carbocycles. The van der Waals surface area contributed by atoms with E-state index in [0.717, 1.165) is 5.56 Å². The minimum Gasteiger partial charge on any atom is -0.392 e. The molecule has 1 unspecified atom stereocenters. The number of benzene rings is 2. The summed E-state index contributed by atoms with van der Waals surface area (Å²) < 4.78 is 0. The number of hydrogen-bond donors (Lipinski definition) is 2. The number of Topliss-reactive ketones (excluding diaryl/α,β-unsaturated/α-hetero) is 1. The van der Waals surface area contributed by atoms with Crippen LogP contribution in [0.3, 0.4) is 0 Å². The smallest absolute Gasteiger partial charge is 0.183 e. The summed E-state index contributed by atoms with van der Waals surface area (Å²) in [6.45, 7) is 1.67. The number of rotatable bonds is 8. The van der Waals surface area contributed by atoms with Gasteiger partial charge in [-0.1, -0.05) is 49.4 Å². The van der Waals surface area contributed by atoms with E-state index in [1.807, 2.05) is 56.3 Å². The second-order valence-electron chi connectivity index (χ2n) is 6.57. The maximum atomic E-state index is 13.4. The summed E-state index contributed by atoms with van der Waals surface area (Å²) in [4.78, 5) is 15.4. The molecule has 0 aliphatic heterocycles. The quantitative estimate of drug-likeness (QED) is 0.723. The Hall–Kier alpha value is -2.01. The standard InChI is InChI=1S/C21H27NO3.H2/c1-4-21(22(2)3,13-16-8-6-5-7-9-16)20(25)17-10-11-18(14-23)19(12-17)15-24;/h5-12,23-24H,4,13-15H2,1-3H3;1H. The lowest BCUT2D eigenvalue weighted by Crippen LogP contribution is -2.52. The lowest BCUT2D eigenvalue weighted by molar-refractivity contribution is 0.0666. The van der Waals surface area contributed by atoms with Crippen molar-refractivity contribution in [2.75, 3.05) is 14.1 Å². The van der Waals surface area contributed by atoms with Gasteiger partial charge in [0.2, 0.25) is 0 Å². The van der Waals surface area contributed by atoms with Crippen LogP contribution in [0.1, 0.15) is 41.8 Å². The first-order valence-electron chi connectivity index (χ1n) is 8.58. The molecule has 25 heavy (non-hydrogen) atoms. The molecule has 4 heteroatoms. The van der Waals surface area contributed by atoms with Gasteiger partial charge in [0.05, 0.1) is 18.8 Å². The maximum absolute atomic E-state index is 13.4. The predicted octanol–water partition coefficient (Wildman–Crippen LogP) is 3.05. The van der Waals surface area contributed by atoms with Gasteiger partial charge >= 0.3 is 0 Å². The summed E-state index contributed by atoms with van der Waals surface area (Å²) >= 11 is 0. The first-order chi connectivity index (χ1) is 12.0. The van der Waals surface area contributed by atoms with E-state index in [-0.39, 0.29) is 20.4 Å². The van der Waals surface area contributed by atoms with Gasteiger partial charge in [-0.2, -0.15) is 0 Å². The van der Waals surface area contributed by atoms with Crippen LogP contribution in [0.5, 0.6) is 0 Å². The van der Waals surface area contributed by atoms with Crippen molar-refractivity contribution in [2.45, 2.75) is 38.5 Å². The molecule has 2 N–H and O–H groups in total. The highest BCUT2D eigenvalue weighted by Crippen LogP contribution is 2.28. The third kappa shape index (κ3) is 3.98. The van der Waals surface area contributed by atoms with E-state index >= 15 is 0 Å². The third-order valence-electron chi connectivity index (χ3n) is 5.01. The van der Waals surface area contributed by atoms with Crippen LogP contribution in [-0.2, 0) is 19.6 Å². The van der Waals surface area contributed by atoms with E-state index in [4.69, 9.17) is 0 Å². The maximum Gasteiger partial charge on any atom is 0.183 e. The zero-order valence-corrected chi connectivity index (χ0v) is 15.2. The van der Waals surface area contributed by atoms with Crippen LogP contribution < -0.4 is 0 Å². The van der Waals surface area contributed by atoms with E-state index in [9.17, 15) is 15.0 Å². The van der Waals surface area contributed by atoms with Gasteiger partial charge in [-0.15, -0.1) is 0 Å². The number of carbonyl (C=O) groups is 1. The molecule has 136 valence electrons. The van der Waals surface area contributed by atoms with Crippen molar-refractivity contribution in [3.63, 3.8) is 0 Å². The fourth-order valence-electron chi connectivity index (χ4n) is 3.31. The van der Waals surface area contributed by atoms with E-state index < -0.39 is 5.54 Å². The average molecular weight is 343 g/mol. The van der Waals surface area contributed by atoms with Gasteiger partial charge < -0.3 is 10.2 Å². The van der Waals surface area contributed by atoms with Crippen LogP contribution in [-0.4, -0.2) is 40.5 Å². The summed E-state index contributed by atoms with van der Waals surface area (Å²) in [5.41, 5.74) is 2.26. The second kappa shape index (κ2) is 8.39. The van der Waals surface area contributed by atoms with Crippen LogP contribution in [0.4, 0.5) is 0 Å². The van der Waals surface area contributed by atoms with Crippen LogP contribution >= 0.6 is 0 Å². The summed E-state index contributed by atoms with van der Waals surface area (Å²) in [5.74, 6) is 0.0306. The van der Waals surface area contributed by atoms with Crippen molar-refractivity contribution in [1.29, 1.82) is 0 Å². The Morgan fingerprint density at radius 1 is 1.04 bits per heavy atom. The molecule has 2 aromatic carbocycles. The Morgan fingerprint density at radius 2 is 1.68 bits per heavy atom. The molecule has 0 radical (unpaired) electrons. The largest absolute Gasteiger partial charge is 0.392 e. The lowest BCUT2D eigenvalue weighted by atomic mass is 9.79. The molecule has 0 aliphatic carbocycles. The topological polar surface area (TPSA) is 60.8 Å². The lowest BCUT2D eigenvalue weighted by Gasteiger charge is -2.38. The van der Waals surface area contributed by atoms with E-state index in [1.165, 1.54) is 0 Å². The van der Waals surface area contributed by atoms with Gasteiger partial charge in [-0.3, -0.25) is 9.69 Å². The summed E-state index contributed by atoms with van der Waals surface area (Å²) in [7, 11) is 3.86. The van der Waals surface area contributed by atoms with Crippen molar-refractivity contribution in [1.82, 2.24) is 4.90 Å². The molecule has 4 nitrogen and oxygen atoms in total. The predicted molar refractivity (Wildman–Crippen MR) is 102 cm³/mol. The number of carbonyl (C=O) groups excluding carboxylic acids is 1. The molecule has 0 amide bonds. The van der Waals surface area contributed by atoms with Crippen LogP contribution in [0.2, 0.25) is 0 Å². The third-order valence-corrected chi connectivity index (χ3v) is 5.01. The van der Waals surface area contributed by atoms with E-state index in [0.29, 0.717) is 29.5 Å². The van der Waals surface area contributed by atoms with Crippen LogP contribution in [0.25, 0.3) is 0 Å². The molecule has 1 atom stereocenters. The van der Waals surface area contributed by atoms with Crippen molar-refractivity contribution in [3.8, 4) is 0 Å². The molecule has 0 bridgehead atoms. The molecular formula is C21H29NO3. The second-order valence-corrected chi connectivity index (χ2v) is 6.57. The Labute approximate surface area is 151 Å². The molecule has 0 saturated heterocycles. The molecule has 0 fully saturated rings. The molecule has 2 rings (SSSR count). The molecule has 2 aromatic rings. The fourth-order valence-corrected chi connectivity index (χ4v) is 3.31. The number of likely N-dealkylation sites (N-methyl/N-ethyl adjacent to an activating group) is 1. The Kier molecular flexibility index (Phi) is 6.48. The summed E-state index contributed by atoms with van der Waals surface area (Å²) in [6.07, 6.45) is 1.29. The highest BCUT2D eigenvalue weighted by Gasteiger charge is 2.39.